The molecular weight excluding hydrogens is 385 g/mol. The van der Waals surface area contributed by atoms with Crippen LogP contribution in [0.1, 0.15) is 32.0 Å². The molecule has 9 heteroatoms. The van der Waals surface area contributed by atoms with E-state index in [-0.39, 0.29) is 23.2 Å². The van der Waals surface area contributed by atoms with Crippen LogP contribution < -0.4 is 5.32 Å². The van der Waals surface area contributed by atoms with Gasteiger partial charge in [-0.05, 0) is 43.9 Å². The smallest absolute Gasteiger partial charge is 0.177 e. The molecule has 2 N–H and O–H groups in total. The average molecular weight is 407 g/mol. The number of aromatic nitrogens is 6. The summed E-state index contributed by atoms with van der Waals surface area (Å²) in [5.74, 6) is 0.0409. The van der Waals surface area contributed by atoms with Crippen molar-refractivity contribution in [3.05, 3.63) is 49.2 Å². The van der Waals surface area contributed by atoms with Crippen LogP contribution in [0.4, 0.5) is 4.39 Å². The van der Waals surface area contributed by atoms with Crippen molar-refractivity contribution < 1.29 is 9.50 Å². The number of hydrogen-bond donors (Lipinski definition) is 2. The molecule has 2 saturated heterocycles. The predicted octanol–water partition coefficient (Wildman–Crippen LogP) is 2.71. The summed E-state index contributed by atoms with van der Waals surface area (Å²) < 4.78 is 16.5. The average Bonchev–Trinajstić information content (AvgIpc) is 3.39. The molecule has 2 aliphatic rings. The highest BCUT2D eigenvalue weighted by molar-refractivity contribution is 5.68. The van der Waals surface area contributed by atoms with Gasteiger partial charge in [-0.15, -0.1) is 15.3 Å². The van der Waals surface area contributed by atoms with E-state index in [0.29, 0.717) is 34.8 Å². The lowest BCUT2D eigenvalue weighted by Crippen LogP contribution is -2.53. The summed E-state index contributed by atoms with van der Waals surface area (Å²) in [4.78, 5) is 4.37. The van der Waals surface area contributed by atoms with Gasteiger partial charge in [0, 0.05) is 29.1 Å². The third-order valence-corrected chi connectivity index (χ3v) is 6.22. The molecule has 3 aromatic rings. The first-order valence-corrected chi connectivity index (χ1v) is 9.94. The van der Waals surface area contributed by atoms with Crippen molar-refractivity contribution in [1.82, 2.24) is 35.5 Å². The summed E-state index contributed by atoms with van der Waals surface area (Å²) in [6.07, 6.45) is 6.23. The Hall–Kier alpha value is -3.20. The van der Waals surface area contributed by atoms with Crippen molar-refractivity contribution in [3.8, 4) is 22.7 Å². The summed E-state index contributed by atoms with van der Waals surface area (Å²) in [7, 11) is 0. The molecule has 5 rings (SSSR count). The van der Waals surface area contributed by atoms with Gasteiger partial charge in [-0.25, -0.2) is 14.1 Å². The van der Waals surface area contributed by atoms with Gasteiger partial charge in [0.1, 0.15) is 17.6 Å². The van der Waals surface area contributed by atoms with Crippen molar-refractivity contribution in [2.45, 2.75) is 43.9 Å². The lowest BCUT2D eigenvalue weighted by atomic mass is 9.79. The maximum Gasteiger partial charge on any atom is 0.177 e. The number of halogens is 1. The number of aromatic hydroxyl groups is 1. The molecule has 2 aliphatic heterocycles. The number of rotatable bonds is 4. The highest BCUT2D eigenvalue weighted by Gasteiger charge is 2.49. The number of phenolic OH excluding ortho intramolecular Hbond substituents is 1. The Labute approximate surface area is 172 Å². The first-order chi connectivity index (χ1) is 14.4. The molecule has 0 saturated carbocycles. The van der Waals surface area contributed by atoms with Crippen molar-refractivity contribution in [1.29, 1.82) is 0 Å². The quantitative estimate of drug-likeness (QED) is 0.686. The Morgan fingerprint density at radius 2 is 2.23 bits per heavy atom. The summed E-state index contributed by atoms with van der Waals surface area (Å²) >= 11 is 0. The highest BCUT2D eigenvalue weighted by Crippen LogP contribution is 2.44. The molecule has 0 spiro atoms. The van der Waals surface area contributed by atoms with E-state index in [2.05, 4.69) is 44.3 Å². The Kier molecular flexibility index (Phi) is 4.35. The topological polar surface area (TPSA) is 102 Å². The minimum atomic E-state index is -1.01. The minimum Gasteiger partial charge on any atom is -0.507 e. The van der Waals surface area contributed by atoms with Crippen molar-refractivity contribution in [3.63, 3.8) is 0 Å². The van der Waals surface area contributed by atoms with Crippen LogP contribution in [-0.4, -0.2) is 53.0 Å². The molecule has 2 bridgehead atoms. The van der Waals surface area contributed by atoms with Crippen LogP contribution in [0.3, 0.4) is 0 Å². The van der Waals surface area contributed by atoms with Crippen LogP contribution in [0.5, 0.6) is 5.75 Å². The number of benzene rings is 1. The van der Waals surface area contributed by atoms with Gasteiger partial charge < -0.3 is 10.4 Å². The Bertz CT molecular complexity index is 1090. The first kappa shape index (κ1) is 18.8. The maximum atomic E-state index is 15.0. The van der Waals surface area contributed by atoms with Crippen molar-refractivity contribution >= 4 is 5.57 Å². The number of phenols is 1. The minimum absolute atomic E-state index is 0.0253. The van der Waals surface area contributed by atoms with Gasteiger partial charge in [-0.1, -0.05) is 11.8 Å². The van der Waals surface area contributed by atoms with Crippen LogP contribution in [0, 0.1) is 5.92 Å². The second-order valence-corrected chi connectivity index (χ2v) is 8.35. The summed E-state index contributed by atoms with van der Waals surface area (Å²) in [6.45, 7) is 6.22. The fraction of sp³-hybridized carbons (Fsp3) is 0.381. The third-order valence-electron chi connectivity index (χ3n) is 6.22. The van der Waals surface area contributed by atoms with E-state index < -0.39 is 6.17 Å². The molecule has 0 amide bonds. The summed E-state index contributed by atoms with van der Waals surface area (Å²) in [5, 5.41) is 29.9. The third kappa shape index (κ3) is 3.15. The molecule has 1 aromatic carbocycles. The first-order valence-electron chi connectivity index (χ1n) is 9.94. The molecule has 0 aliphatic carbocycles. The van der Waals surface area contributed by atoms with Gasteiger partial charge in [0.2, 0.25) is 0 Å². The van der Waals surface area contributed by atoms with Gasteiger partial charge in [0.15, 0.2) is 5.82 Å². The van der Waals surface area contributed by atoms with Gasteiger partial charge in [0.05, 0.1) is 24.3 Å². The molecular formula is C21H22FN7O. The Morgan fingerprint density at radius 1 is 1.37 bits per heavy atom. The lowest BCUT2D eigenvalue weighted by molar-refractivity contribution is 0.135. The van der Waals surface area contributed by atoms with E-state index in [9.17, 15) is 9.50 Å². The number of nitrogens with zero attached hydrogens (tertiary/aromatic N) is 6. The summed E-state index contributed by atoms with van der Waals surface area (Å²) in [6, 6.07) is 4.93. The molecule has 154 valence electrons. The molecule has 2 aromatic heterocycles. The molecule has 4 heterocycles. The molecule has 30 heavy (non-hydrogen) atoms. The number of nitrogens with one attached hydrogen (secondary N) is 1. The highest BCUT2D eigenvalue weighted by atomic mass is 19.1. The molecule has 2 fully saturated rings. The second-order valence-electron chi connectivity index (χ2n) is 8.35. The molecule has 4 atom stereocenters. The zero-order valence-electron chi connectivity index (χ0n) is 16.5. The van der Waals surface area contributed by atoms with Crippen LogP contribution in [-0.2, 0) is 0 Å². The monoisotopic (exact) mass is 407 g/mol. The predicted molar refractivity (Wildman–Crippen MR) is 108 cm³/mol. The standard InChI is InChI=1S/C21H22FN7O/c1-12(15-10-21(2)6-5-16(25-21)19(15)22)20-23-11-17(26-27-20)14-4-3-13(9-18(14)30)29-8-7-24-28-29/h3-4,7-9,11,15-16,19,25,30H,1,5-6,10H2,2H3/t15-,16-,19-,21+/m1/s1. The Morgan fingerprint density at radius 3 is 2.93 bits per heavy atom. The van der Waals surface area contributed by atoms with E-state index in [1.54, 1.807) is 35.3 Å². The van der Waals surface area contributed by atoms with Crippen LogP contribution in [0.15, 0.2) is 43.4 Å². The van der Waals surface area contributed by atoms with Gasteiger partial charge in [-0.3, -0.25) is 0 Å². The molecule has 0 unspecified atom stereocenters. The van der Waals surface area contributed by atoms with Crippen LogP contribution in [0.2, 0.25) is 0 Å². The zero-order chi connectivity index (χ0) is 20.9. The van der Waals surface area contributed by atoms with Crippen molar-refractivity contribution in [2.24, 2.45) is 5.92 Å². The van der Waals surface area contributed by atoms with E-state index in [1.807, 2.05) is 0 Å². The number of allylic oxidation sites excluding steroid dienone is 1. The van der Waals surface area contributed by atoms with E-state index in [0.717, 1.165) is 12.8 Å². The van der Waals surface area contributed by atoms with Gasteiger partial charge in [0.25, 0.3) is 0 Å². The molecule has 8 nitrogen and oxygen atoms in total. The fourth-order valence-corrected chi connectivity index (χ4v) is 4.60. The SMILES string of the molecule is C=C(c1ncc(-c2ccc(-n3ccnn3)cc2O)nn1)[C@H]1C[C@]2(C)CC[C@@H](N2)[C@@H]1F. The van der Waals surface area contributed by atoms with E-state index >= 15 is 0 Å². The van der Waals surface area contributed by atoms with Crippen LogP contribution >= 0.6 is 0 Å². The summed E-state index contributed by atoms with van der Waals surface area (Å²) in [5.41, 5.74) is 2.09. The zero-order valence-corrected chi connectivity index (χ0v) is 16.5. The van der Waals surface area contributed by atoms with Gasteiger partial charge >= 0.3 is 0 Å². The maximum absolute atomic E-state index is 15.0. The Balaban J connectivity index is 1.38. The van der Waals surface area contributed by atoms with E-state index in [4.69, 9.17) is 0 Å². The number of alkyl halides is 1. The van der Waals surface area contributed by atoms with Gasteiger partial charge in [-0.2, -0.15) is 0 Å². The number of fused-ring (bicyclic) bond motifs is 2. The normalized spacial score (nSPS) is 27.9. The largest absolute Gasteiger partial charge is 0.507 e. The van der Waals surface area contributed by atoms with E-state index in [1.165, 1.54) is 6.20 Å². The lowest BCUT2D eigenvalue weighted by Gasteiger charge is -2.39. The van der Waals surface area contributed by atoms with Crippen LogP contribution in [0.25, 0.3) is 22.5 Å². The second kappa shape index (κ2) is 6.94. The fourth-order valence-electron chi connectivity index (χ4n) is 4.60. The molecule has 0 radical (unpaired) electrons. The number of hydrogen-bond acceptors (Lipinski definition) is 7. The van der Waals surface area contributed by atoms with Crippen molar-refractivity contribution in [2.75, 3.05) is 0 Å². The number of piperidine rings is 1.